The van der Waals surface area contributed by atoms with Crippen molar-refractivity contribution < 1.29 is 63.2 Å². The van der Waals surface area contributed by atoms with E-state index in [2.05, 4.69) is 0 Å². The van der Waals surface area contributed by atoms with Gasteiger partial charge in [0, 0.05) is 44.4 Å². The van der Waals surface area contributed by atoms with E-state index in [1.165, 1.54) is 21.1 Å². The van der Waals surface area contributed by atoms with E-state index in [0.29, 0.717) is 6.42 Å². The van der Waals surface area contributed by atoms with Gasteiger partial charge in [0.2, 0.25) is 0 Å². The molecule has 13 unspecified atom stereocenters. The molecule has 14 heteroatoms. The molecule has 3 fully saturated rings. The van der Waals surface area contributed by atoms with Crippen LogP contribution in [0, 0.1) is 23.7 Å². The Hall–Kier alpha value is -1.30. The minimum Gasteiger partial charge on any atom is -0.459 e. The zero-order valence-corrected chi connectivity index (χ0v) is 33.9. The molecule has 0 aliphatic carbocycles. The van der Waals surface area contributed by atoms with Gasteiger partial charge in [-0.05, 0) is 74.9 Å². The van der Waals surface area contributed by atoms with Crippen molar-refractivity contribution in [3.05, 3.63) is 0 Å². The molecule has 3 heterocycles. The molecule has 0 aromatic heterocycles. The Balaban J connectivity index is 2.22. The van der Waals surface area contributed by atoms with Gasteiger partial charge >= 0.3 is 5.97 Å². The molecule has 18 atom stereocenters. The molecule has 52 heavy (non-hydrogen) atoms. The molecule has 0 aromatic rings. The number of likely N-dealkylation sites (N-methyl/N-ethyl adjacent to an activating group) is 1. The van der Waals surface area contributed by atoms with Crippen molar-refractivity contribution in [2.45, 2.75) is 179 Å². The molecule has 3 saturated heterocycles. The minimum atomic E-state index is -1.96. The monoisotopic (exact) mass is 747 g/mol. The van der Waals surface area contributed by atoms with Crippen LogP contribution in [0.25, 0.3) is 0 Å². The number of aliphatic hydroxyl groups excluding tert-OH is 3. The van der Waals surface area contributed by atoms with Crippen LogP contribution >= 0.6 is 0 Å². The molecule has 14 nitrogen and oxygen atoms in total. The van der Waals surface area contributed by atoms with Gasteiger partial charge in [0.05, 0.1) is 47.6 Å². The first-order chi connectivity index (χ1) is 24.0. The second-order valence-electron chi connectivity index (χ2n) is 16.6. The van der Waals surface area contributed by atoms with Crippen LogP contribution in [0.2, 0.25) is 0 Å². The third-order valence-corrected chi connectivity index (χ3v) is 12.3. The van der Waals surface area contributed by atoms with Gasteiger partial charge in [-0.1, -0.05) is 27.7 Å². The first-order valence-electron chi connectivity index (χ1n) is 18.9. The highest BCUT2D eigenvalue weighted by atomic mass is 16.7. The van der Waals surface area contributed by atoms with Crippen molar-refractivity contribution in [3.63, 3.8) is 0 Å². The molecule has 0 aromatic carbocycles. The predicted molar refractivity (Wildman–Crippen MR) is 191 cm³/mol. The summed E-state index contributed by atoms with van der Waals surface area (Å²) in [5, 5.41) is 45.6. The first kappa shape index (κ1) is 45.1. The van der Waals surface area contributed by atoms with E-state index >= 15 is 0 Å². The lowest BCUT2D eigenvalue weighted by Crippen LogP contribution is -2.61. The standard InChI is InChI=1S/C38H69NO13/c1-15-26-38(10,45)31(42)21(4)28(40)19(2)17-37(9,47-14)33(52-35-29(41)25(39(11)12)16-20(3)48-35)22(5)30(23(6)34(44)50-26)51-27-18-36(8,46-13)32(43)24(7)49-27/h19-27,29-33,35,41-43,45H,15-18H2,1-14H3/t19?,20?,21?,22?,23?,24?,25-,26?,27+,29?,30?,31?,32+,33?,35+,36+,37?,38?/m1/s1. The third-order valence-electron chi connectivity index (χ3n) is 12.3. The van der Waals surface area contributed by atoms with Crippen molar-refractivity contribution >= 4 is 11.8 Å². The van der Waals surface area contributed by atoms with Crippen molar-refractivity contribution in [2.24, 2.45) is 23.7 Å². The maximum Gasteiger partial charge on any atom is 0.311 e. The van der Waals surface area contributed by atoms with E-state index in [9.17, 15) is 30.0 Å². The Labute approximate surface area is 310 Å². The van der Waals surface area contributed by atoms with Gasteiger partial charge < -0.3 is 58.5 Å². The fourth-order valence-electron chi connectivity index (χ4n) is 8.58. The van der Waals surface area contributed by atoms with Crippen LogP contribution in [0.1, 0.15) is 94.9 Å². The van der Waals surface area contributed by atoms with E-state index in [1.807, 2.05) is 32.8 Å². The Morgan fingerprint density at radius 1 is 0.846 bits per heavy atom. The van der Waals surface area contributed by atoms with Crippen LogP contribution in [0.4, 0.5) is 0 Å². The largest absolute Gasteiger partial charge is 0.459 e. The zero-order valence-electron chi connectivity index (χ0n) is 33.9. The fourth-order valence-corrected chi connectivity index (χ4v) is 8.58. The SMILES string of the molecule is CCC1OC(=O)C(C)C(O[C@H]2C[C@](C)(OC)[C@@H](O)C(C)O2)C(C)C(O[C@@H]2OC(C)C[C@@H](N(C)C)C2O)C(C)(OC)CC(C)C(=O)C(C)C(O)C1(C)O. The van der Waals surface area contributed by atoms with E-state index in [-0.39, 0.29) is 37.2 Å². The number of Topliss-reactive ketones (excluding diaryl/α,β-unsaturated/α-hetero) is 1. The normalized spacial score (nSPS) is 49.0. The van der Waals surface area contributed by atoms with Gasteiger partial charge in [-0.2, -0.15) is 0 Å². The summed E-state index contributed by atoms with van der Waals surface area (Å²) in [6, 6.07) is -0.283. The summed E-state index contributed by atoms with van der Waals surface area (Å²) in [4.78, 5) is 30.1. The molecule has 3 aliphatic heterocycles. The molecule has 0 radical (unpaired) electrons. The van der Waals surface area contributed by atoms with Gasteiger partial charge in [-0.25, -0.2) is 0 Å². The van der Waals surface area contributed by atoms with E-state index in [0.717, 1.165) is 0 Å². The van der Waals surface area contributed by atoms with Crippen molar-refractivity contribution in [1.82, 2.24) is 4.90 Å². The van der Waals surface area contributed by atoms with Crippen LogP contribution < -0.4 is 0 Å². The molecule has 0 spiro atoms. The third kappa shape index (κ3) is 9.38. The van der Waals surface area contributed by atoms with E-state index in [4.69, 9.17) is 33.2 Å². The smallest absolute Gasteiger partial charge is 0.311 e. The Morgan fingerprint density at radius 2 is 1.44 bits per heavy atom. The summed E-state index contributed by atoms with van der Waals surface area (Å²) in [6.45, 7) is 17.1. The van der Waals surface area contributed by atoms with Gasteiger partial charge in [0.25, 0.3) is 0 Å². The topological polar surface area (TPSA) is 183 Å². The van der Waals surface area contributed by atoms with Crippen molar-refractivity contribution in [3.8, 4) is 0 Å². The summed E-state index contributed by atoms with van der Waals surface area (Å²) in [5.41, 5.74) is -4.24. The number of nitrogens with zero attached hydrogens (tertiary/aromatic N) is 1. The maximum atomic E-state index is 14.2. The first-order valence-corrected chi connectivity index (χ1v) is 18.9. The number of methoxy groups -OCH3 is 2. The molecule has 3 aliphatic rings. The lowest BCUT2D eigenvalue weighted by atomic mass is 9.74. The van der Waals surface area contributed by atoms with Crippen LogP contribution in [0.3, 0.4) is 0 Å². The number of carbonyl (C=O) groups is 2. The second kappa shape index (κ2) is 17.7. The number of cyclic esters (lactones) is 1. The zero-order chi connectivity index (χ0) is 39.7. The predicted octanol–water partition coefficient (Wildman–Crippen LogP) is 2.44. The molecular formula is C38H69NO13. The number of hydrogen-bond donors (Lipinski definition) is 4. The van der Waals surface area contributed by atoms with E-state index in [1.54, 1.807) is 48.5 Å². The summed E-state index contributed by atoms with van der Waals surface area (Å²) in [5.74, 6) is -4.47. The van der Waals surface area contributed by atoms with Crippen LogP contribution in [0.15, 0.2) is 0 Å². The molecule has 0 bridgehead atoms. The molecular weight excluding hydrogens is 678 g/mol. The van der Waals surface area contributed by atoms with Crippen LogP contribution in [-0.4, -0.2) is 150 Å². The number of ether oxygens (including phenoxy) is 7. The summed E-state index contributed by atoms with van der Waals surface area (Å²) in [6.07, 6.45) is -8.73. The average molecular weight is 748 g/mol. The number of esters is 1. The molecule has 0 saturated carbocycles. The van der Waals surface area contributed by atoms with Crippen LogP contribution in [0.5, 0.6) is 0 Å². The maximum absolute atomic E-state index is 14.2. The fraction of sp³-hybridized carbons (Fsp3) is 0.947. The number of carbonyl (C=O) groups excluding carboxylic acids is 2. The van der Waals surface area contributed by atoms with Gasteiger partial charge in [-0.3, -0.25) is 9.59 Å². The highest BCUT2D eigenvalue weighted by Gasteiger charge is 2.54. The molecule has 3 rings (SSSR count). The number of ketones is 1. The lowest BCUT2D eigenvalue weighted by Gasteiger charge is -2.50. The molecule has 4 N–H and O–H groups in total. The quantitative estimate of drug-likeness (QED) is 0.266. The van der Waals surface area contributed by atoms with Gasteiger partial charge in [0.1, 0.15) is 29.7 Å². The van der Waals surface area contributed by atoms with Gasteiger partial charge in [-0.15, -0.1) is 0 Å². The lowest BCUT2D eigenvalue weighted by molar-refractivity contribution is -0.319. The number of hydrogen-bond acceptors (Lipinski definition) is 14. The summed E-state index contributed by atoms with van der Waals surface area (Å²) < 4.78 is 43.9. The molecule has 304 valence electrons. The highest BCUT2D eigenvalue weighted by molar-refractivity contribution is 5.83. The second-order valence-corrected chi connectivity index (χ2v) is 16.6. The minimum absolute atomic E-state index is 0.111. The van der Waals surface area contributed by atoms with E-state index < -0.39 is 102 Å². The van der Waals surface area contributed by atoms with Crippen molar-refractivity contribution in [2.75, 3.05) is 28.3 Å². The Kier molecular flexibility index (Phi) is 15.3. The number of rotatable bonds is 8. The average Bonchev–Trinajstić information content (AvgIpc) is 3.09. The Morgan fingerprint density at radius 3 is 1.98 bits per heavy atom. The summed E-state index contributed by atoms with van der Waals surface area (Å²) in [7, 11) is 6.77. The van der Waals surface area contributed by atoms with Crippen molar-refractivity contribution in [1.29, 1.82) is 0 Å². The number of aliphatic hydroxyl groups is 4. The van der Waals surface area contributed by atoms with Crippen LogP contribution in [-0.2, 0) is 42.7 Å². The highest BCUT2D eigenvalue weighted by Crippen LogP contribution is 2.41. The van der Waals surface area contributed by atoms with Gasteiger partial charge in [0.15, 0.2) is 12.6 Å². The summed E-state index contributed by atoms with van der Waals surface area (Å²) >= 11 is 0. The Bertz CT molecular complexity index is 1190. The molecule has 0 amide bonds.